The first-order valence-corrected chi connectivity index (χ1v) is 8.21. The summed E-state index contributed by atoms with van der Waals surface area (Å²) in [5, 5.41) is 8.57. The van der Waals surface area contributed by atoms with Crippen molar-refractivity contribution in [2.75, 3.05) is 13.7 Å². The maximum atomic E-state index is 12.0. The maximum Gasteiger partial charge on any atom is 0.349 e. The highest BCUT2D eigenvalue weighted by molar-refractivity contribution is 5.75. The maximum absolute atomic E-state index is 12.0. The van der Waals surface area contributed by atoms with Crippen molar-refractivity contribution in [1.82, 2.24) is 0 Å². The summed E-state index contributed by atoms with van der Waals surface area (Å²) in [6.07, 6.45) is 3.00. The molecule has 26 heavy (non-hydrogen) atoms. The van der Waals surface area contributed by atoms with Crippen LogP contribution in [-0.2, 0) is 4.79 Å². The molecule has 0 heterocycles. The van der Waals surface area contributed by atoms with Gasteiger partial charge in [-0.25, -0.2) is 4.79 Å². The number of esters is 1. The van der Waals surface area contributed by atoms with Crippen LogP contribution in [0.4, 0.5) is 0 Å². The Hall–Kier alpha value is -3.26. The summed E-state index contributed by atoms with van der Waals surface area (Å²) in [5.74, 6) is 1.21. The molecule has 0 aliphatic heterocycles. The fraction of sp³-hybridized carbons (Fsp3) is 0.238. The number of nitriles is 1. The second kappa shape index (κ2) is 9.28. The number of rotatable bonds is 7. The molecule has 0 N–H and O–H groups in total. The Balaban J connectivity index is 1.96. The summed E-state index contributed by atoms with van der Waals surface area (Å²) < 4.78 is 16.0. The average molecular weight is 351 g/mol. The molecule has 0 atom stereocenters. The number of hydrogen-bond donors (Lipinski definition) is 0. The van der Waals surface area contributed by atoms with Crippen LogP contribution in [0.1, 0.15) is 30.9 Å². The molecule has 2 aromatic carbocycles. The van der Waals surface area contributed by atoms with E-state index < -0.39 is 5.97 Å². The number of ether oxygens (including phenoxy) is 3. The van der Waals surface area contributed by atoms with Gasteiger partial charge in [0.2, 0.25) is 0 Å². The minimum Gasteiger partial charge on any atom is -0.493 e. The zero-order valence-electron chi connectivity index (χ0n) is 15.1. The molecule has 2 aromatic rings. The van der Waals surface area contributed by atoms with Crippen molar-refractivity contribution in [2.24, 2.45) is 0 Å². The fourth-order valence-electron chi connectivity index (χ4n) is 2.25. The number of nitrogens with zero attached hydrogens (tertiary/aromatic N) is 1. The number of methoxy groups -OCH3 is 1. The van der Waals surface area contributed by atoms with Gasteiger partial charge >= 0.3 is 5.97 Å². The minimum atomic E-state index is -0.531. The summed E-state index contributed by atoms with van der Waals surface area (Å²) in [5.41, 5.74) is 1.97. The lowest BCUT2D eigenvalue weighted by Crippen LogP contribution is -2.18. The second-order valence-electron chi connectivity index (χ2n) is 5.86. The van der Waals surface area contributed by atoms with Gasteiger partial charge < -0.3 is 14.2 Å². The zero-order valence-corrected chi connectivity index (χ0v) is 15.1. The normalized spacial score (nSPS) is 10.6. The van der Waals surface area contributed by atoms with Crippen molar-refractivity contribution in [1.29, 1.82) is 5.26 Å². The quantitative estimate of drug-likeness (QED) is 0.422. The van der Waals surface area contributed by atoms with Gasteiger partial charge in [-0.15, -0.1) is 0 Å². The Morgan fingerprint density at radius 2 is 1.88 bits per heavy atom. The molecule has 0 spiro atoms. The highest BCUT2D eigenvalue weighted by Crippen LogP contribution is 2.28. The summed E-state index contributed by atoms with van der Waals surface area (Å²) >= 11 is 0. The molecule has 2 rings (SSSR count). The Morgan fingerprint density at radius 3 is 2.50 bits per heavy atom. The van der Waals surface area contributed by atoms with Gasteiger partial charge in [-0.1, -0.05) is 32.0 Å². The Bertz CT molecular complexity index is 817. The van der Waals surface area contributed by atoms with Gasteiger partial charge in [0.25, 0.3) is 0 Å². The van der Waals surface area contributed by atoms with E-state index in [2.05, 4.69) is 13.8 Å². The Morgan fingerprint density at radius 1 is 1.15 bits per heavy atom. The van der Waals surface area contributed by atoms with Crippen molar-refractivity contribution >= 4 is 12.0 Å². The monoisotopic (exact) mass is 351 g/mol. The van der Waals surface area contributed by atoms with Crippen LogP contribution in [0, 0.1) is 11.3 Å². The highest BCUT2D eigenvalue weighted by atomic mass is 16.6. The number of carbonyl (C=O) groups excluding carboxylic acids is 1. The summed E-state index contributed by atoms with van der Waals surface area (Å²) in [6.45, 7) is 4.02. The van der Waals surface area contributed by atoms with Gasteiger partial charge in [0.05, 0.1) is 13.2 Å². The zero-order chi connectivity index (χ0) is 18.9. The van der Waals surface area contributed by atoms with Crippen LogP contribution in [0.15, 0.2) is 48.5 Å². The molecule has 0 fully saturated rings. The molecule has 134 valence electrons. The van der Waals surface area contributed by atoms with Gasteiger partial charge in [-0.3, -0.25) is 0 Å². The lowest BCUT2D eigenvalue weighted by atomic mass is 10.0. The molecular formula is C21H21NO4. The molecule has 0 aliphatic rings. The van der Waals surface area contributed by atoms with E-state index in [4.69, 9.17) is 19.5 Å². The van der Waals surface area contributed by atoms with Crippen LogP contribution >= 0.6 is 0 Å². The van der Waals surface area contributed by atoms with Crippen LogP contribution < -0.4 is 14.2 Å². The number of carbonyl (C=O) groups is 1. The summed E-state index contributed by atoms with van der Waals surface area (Å²) in [4.78, 5) is 12.0. The number of hydrogen-bond acceptors (Lipinski definition) is 5. The third kappa shape index (κ3) is 5.38. The third-order valence-corrected chi connectivity index (χ3v) is 3.67. The van der Waals surface area contributed by atoms with Gasteiger partial charge in [0.15, 0.2) is 18.1 Å². The van der Waals surface area contributed by atoms with E-state index in [1.165, 1.54) is 18.7 Å². The first-order chi connectivity index (χ1) is 12.5. The SMILES string of the molecule is COc1cc(/C=C\C#N)ccc1OC(=O)COc1ccc(C(C)C)cc1. The van der Waals surface area contributed by atoms with E-state index in [9.17, 15) is 4.79 Å². The molecule has 0 aliphatic carbocycles. The molecule has 5 heteroatoms. The van der Waals surface area contributed by atoms with Gasteiger partial charge in [-0.2, -0.15) is 5.26 Å². The third-order valence-electron chi connectivity index (χ3n) is 3.67. The molecule has 0 amide bonds. The highest BCUT2D eigenvalue weighted by Gasteiger charge is 2.11. The van der Waals surface area contributed by atoms with E-state index in [0.29, 0.717) is 23.2 Å². The molecule has 5 nitrogen and oxygen atoms in total. The molecule has 0 aromatic heterocycles. The Kier molecular flexibility index (Phi) is 6.81. The van der Waals surface area contributed by atoms with Gasteiger partial charge in [0, 0.05) is 6.08 Å². The van der Waals surface area contributed by atoms with Crippen molar-refractivity contribution in [3.63, 3.8) is 0 Å². The van der Waals surface area contributed by atoms with Crippen LogP contribution in [-0.4, -0.2) is 19.7 Å². The van der Waals surface area contributed by atoms with Gasteiger partial charge in [-0.05, 0) is 47.4 Å². The molecule has 0 saturated heterocycles. The summed E-state index contributed by atoms with van der Waals surface area (Å²) in [7, 11) is 1.48. The smallest absolute Gasteiger partial charge is 0.349 e. The van der Waals surface area contributed by atoms with Crippen LogP contribution in [0.2, 0.25) is 0 Å². The van der Waals surface area contributed by atoms with Crippen LogP contribution in [0.25, 0.3) is 6.08 Å². The van der Waals surface area contributed by atoms with Crippen molar-refractivity contribution in [2.45, 2.75) is 19.8 Å². The van der Waals surface area contributed by atoms with E-state index in [1.807, 2.05) is 30.3 Å². The lowest BCUT2D eigenvalue weighted by molar-refractivity contribution is -0.136. The molecule has 0 radical (unpaired) electrons. The van der Waals surface area contributed by atoms with Crippen LogP contribution in [0.3, 0.4) is 0 Å². The van der Waals surface area contributed by atoms with E-state index in [-0.39, 0.29) is 6.61 Å². The van der Waals surface area contributed by atoms with Crippen molar-refractivity contribution < 1.29 is 19.0 Å². The second-order valence-corrected chi connectivity index (χ2v) is 5.86. The number of allylic oxidation sites excluding steroid dienone is 1. The molecule has 0 bridgehead atoms. The average Bonchev–Trinajstić information content (AvgIpc) is 2.65. The predicted octanol–water partition coefficient (Wildman–Crippen LogP) is 4.34. The fourth-order valence-corrected chi connectivity index (χ4v) is 2.25. The first-order valence-electron chi connectivity index (χ1n) is 8.21. The standard InChI is InChI=1S/C21H21NO4/c1-15(2)17-7-9-18(10-8-17)25-14-21(23)26-19-11-6-16(5-4-12-22)13-20(19)24-3/h4-11,13,15H,14H2,1-3H3/b5-4-. The molecular weight excluding hydrogens is 330 g/mol. The van der Waals surface area contributed by atoms with E-state index in [1.54, 1.807) is 24.3 Å². The van der Waals surface area contributed by atoms with E-state index in [0.717, 1.165) is 5.56 Å². The minimum absolute atomic E-state index is 0.208. The first kappa shape index (κ1) is 19.1. The molecule has 0 unspecified atom stereocenters. The largest absolute Gasteiger partial charge is 0.493 e. The predicted molar refractivity (Wildman–Crippen MR) is 99.3 cm³/mol. The molecule has 0 saturated carbocycles. The van der Waals surface area contributed by atoms with Crippen molar-refractivity contribution in [3.05, 3.63) is 59.7 Å². The lowest BCUT2D eigenvalue weighted by Gasteiger charge is -2.11. The van der Waals surface area contributed by atoms with E-state index >= 15 is 0 Å². The van der Waals surface area contributed by atoms with Crippen molar-refractivity contribution in [3.8, 4) is 23.3 Å². The topological polar surface area (TPSA) is 68.5 Å². The Labute approximate surface area is 153 Å². The van der Waals surface area contributed by atoms with Gasteiger partial charge in [0.1, 0.15) is 5.75 Å². The summed E-state index contributed by atoms with van der Waals surface area (Å²) in [6, 6.07) is 14.6. The number of benzene rings is 2. The van der Waals surface area contributed by atoms with Crippen LogP contribution in [0.5, 0.6) is 17.2 Å².